The quantitative estimate of drug-likeness (QED) is 0.656. The Morgan fingerprint density at radius 1 is 1.28 bits per heavy atom. The second-order valence-electron chi connectivity index (χ2n) is 6.50. The van der Waals surface area contributed by atoms with Crippen molar-refractivity contribution < 1.29 is 22.0 Å². The molecule has 1 aromatic rings. The van der Waals surface area contributed by atoms with Gasteiger partial charge in [0, 0.05) is 11.6 Å². The molecule has 1 atom stereocenters. The van der Waals surface area contributed by atoms with Crippen LogP contribution in [0.5, 0.6) is 0 Å². The number of benzene rings is 1. The predicted octanol–water partition coefficient (Wildman–Crippen LogP) is 2.06. The number of carbonyl (C=O) groups is 1. The molecule has 1 aromatic carbocycles. The molecule has 0 aliphatic heterocycles. The number of amides is 1. The van der Waals surface area contributed by atoms with Gasteiger partial charge in [0.05, 0.1) is 11.7 Å². The standard InChI is InChI=1S/C15H23F2N3O3S2/c1-15(2,3)20-25(22,23)13-8-12(9(16)7-10(13)17)19-14(21)11(18)5-6-24-4/h7-8,11,20H,5-6,18H2,1-4H3,(H,19,21)/t11-/m0/s1. The minimum Gasteiger partial charge on any atom is -0.322 e. The average Bonchev–Trinajstić information content (AvgIpc) is 2.44. The van der Waals surface area contributed by atoms with Crippen molar-refractivity contribution in [1.82, 2.24) is 4.72 Å². The summed E-state index contributed by atoms with van der Waals surface area (Å²) in [4.78, 5) is 11.2. The van der Waals surface area contributed by atoms with Crippen LogP contribution < -0.4 is 15.8 Å². The van der Waals surface area contributed by atoms with Crippen molar-refractivity contribution >= 4 is 33.4 Å². The lowest BCUT2D eigenvalue weighted by atomic mass is 10.1. The molecule has 0 bridgehead atoms. The summed E-state index contributed by atoms with van der Waals surface area (Å²) in [6.07, 6.45) is 2.22. The van der Waals surface area contributed by atoms with Crippen molar-refractivity contribution in [3.63, 3.8) is 0 Å². The van der Waals surface area contributed by atoms with Gasteiger partial charge in [0.15, 0.2) is 0 Å². The molecule has 0 heterocycles. The van der Waals surface area contributed by atoms with E-state index in [0.29, 0.717) is 18.2 Å². The first-order chi connectivity index (χ1) is 11.4. The van der Waals surface area contributed by atoms with Crippen molar-refractivity contribution in [2.75, 3.05) is 17.3 Å². The van der Waals surface area contributed by atoms with E-state index in [1.807, 2.05) is 6.26 Å². The van der Waals surface area contributed by atoms with E-state index in [9.17, 15) is 22.0 Å². The zero-order chi connectivity index (χ0) is 19.4. The molecule has 0 saturated heterocycles. The summed E-state index contributed by atoms with van der Waals surface area (Å²) in [5.74, 6) is -2.38. The van der Waals surface area contributed by atoms with Crippen LogP contribution in [0.15, 0.2) is 17.0 Å². The summed E-state index contributed by atoms with van der Waals surface area (Å²) in [6, 6.07) is 0.280. The van der Waals surface area contributed by atoms with Crippen LogP contribution in [0.4, 0.5) is 14.5 Å². The molecule has 4 N–H and O–H groups in total. The van der Waals surface area contributed by atoms with Gasteiger partial charge in [-0.25, -0.2) is 21.9 Å². The van der Waals surface area contributed by atoms with E-state index in [4.69, 9.17) is 5.73 Å². The Kier molecular flexibility index (Phi) is 7.36. The van der Waals surface area contributed by atoms with Crippen LogP contribution in [0.3, 0.4) is 0 Å². The van der Waals surface area contributed by atoms with E-state index in [1.165, 1.54) is 11.8 Å². The van der Waals surface area contributed by atoms with Gasteiger partial charge >= 0.3 is 0 Å². The number of nitrogens with two attached hydrogens (primary N) is 1. The highest BCUT2D eigenvalue weighted by molar-refractivity contribution is 7.98. The molecule has 0 aromatic heterocycles. The van der Waals surface area contributed by atoms with Gasteiger partial charge in [-0.05, 0) is 45.3 Å². The van der Waals surface area contributed by atoms with Crippen LogP contribution in [0, 0.1) is 11.6 Å². The first kappa shape index (κ1) is 21.8. The summed E-state index contributed by atoms with van der Waals surface area (Å²) < 4.78 is 54.7. The van der Waals surface area contributed by atoms with Gasteiger partial charge in [0.25, 0.3) is 0 Å². The summed E-state index contributed by atoms with van der Waals surface area (Å²) in [5.41, 5.74) is 4.38. The zero-order valence-electron chi connectivity index (χ0n) is 14.5. The van der Waals surface area contributed by atoms with Crippen LogP contribution in [0.2, 0.25) is 0 Å². The summed E-state index contributed by atoms with van der Waals surface area (Å²) in [7, 11) is -4.24. The zero-order valence-corrected chi connectivity index (χ0v) is 16.2. The average molecular weight is 395 g/mol. The third-order valence-corrected chi connectivity index (χ3v) is 5.40. The number of carbonyl (C=O) groups excluding carboxylic acids is 1. The maximum atomic E-state index is 14.0. The second kappa shape index (κ2) is 8.43. The van der Waals surface area contributed by atoms with Crippen molar-refractivity contribution in [2.45, 2.75) is 43.7 Å². The topological polar surface area (TPSA) is 101 Å². The fraction of sp³-hybridized carbons (Fsp3) is 0.533. The Bertz CT molecular complexity index is 734. The van der Waals surface area contributed by atoms with E-state index in [2.05, 4.69) is 10.0 Å². The molecule has 0 spiro atoms. The Hall–Kier alpha value is -1.23. The minimum atomic E-state index is -4.24. The first-order valence-corrected chi connectivity index (χ1v) is 10.3. The number of anilines is 1. The molecule has 0 aliphatic carbocycles. The molecule has 25 heavy (non-hydrogen) atoms. The fourth-order valence-electron chi connectivity index (χ4n) is 1.89. The van der Waals surface area contributed by atoms with Gasteiger partial charge in [-0.15, -0.1) is 0 Å². The van der Waals surface area contributed by atoms with Gasteiger partial charge in [-0.1, -0.05) is 0 Å². The number of rotatable bonds is 7. The lowest BCUT2D eigenvalue weighted by molar-refractivity contribution is -0.117. The maximum absolute atomic E-state index is 14.0. The summed E-state index contributed by atoms with van der Waals surface area (Å²) in [5, 5.41) is 2.21. The molecule has 0 unspecified atom stereocenters. The molecule has 6 nitrogen and oxygen atoms in total. The number of thioether (sulfide) groups is 1. The SMILES string of the molecule is CSCC[C@H](N)C(=O)Nc1cc(S(=O)(=O)NC(C)(C)C)c(F)cc1F. The van der Waals surface area contributed by atoms with Gasteiger partial charge in [0.1, 0.15) is 16.5 Å². The van der Waals surface area contributed by atoms with Gasteiger partial charge in [-0.3, -0.25) is 4.79 Å². The Labute approximate surface area is 151 Å². The molecule has 142 valence electrons. The lowest BCUT2D eigenvalue weighted by Gasteiger charge is -2.21. The van der Waals surface area contributed by atoms with Crippen molar-refractivity contribution in [3.05, 3.63) is 23.8 Å². The lowest BCUT2D eigenvalue weighted by Crippen LogP contribution is -2.41. The largest absolute Gasteiger partial charge is 0.322 e. The molecule has 0 aliphatic rings. The first-order valence-electron chi connectivity index (χ1n) is 7.46. The number of hydrogen-bond donors (Lipinski definition) is 3. The van der Waals surface area contributed by atoms with E-state index in [-0.39, 0.29) is 0 Å². The third-order valence-electron chi connectivity index (χ3n) is 2.98. The van der Waals surface area contributed by atoms with Crippen LogP contribution in [0.1, 0.15) is 27.2 Å². The minimum absolute atomic E-state index is 0.368. The van der Waals surface area contributed by atoms with Gasteiger partial charge in [0.2, 0.25) is 15.9 Å². The van der Waals surface area contributed by atoms with Crippen molar-refractivity contribution in [2.24, 2.45) is 5.73 Å². The fourth-order valence-corrected chi connectivity index (χ4v) is 3.88. The van der Waals surface area contributed by atoms with Crippen LogP contribution in [0.25, 0.3) is 0 Å². The molecule has 0 radical (unpaired) electrons. The van der Waals surface area contributed by atoms with E-state index < -0.39 is 49.7 Å². The Morgan fingerprint density at radius 3 is 2.40 bits per heavy atom. The number of hydrogen-bond acceptors (Lipinski definition) is 5. The predicted molar refractivity (Wildman–Crippen MR) is 96.0 cm³/mol. The molecule has 1 amide bonds. The van der Waals surface area contributed by atoms with E-state index in [1.54, 1.807) is 20.8 Å². The van der Waals surface area contributed by atoms with E-state index >= 15 is 0 Å². The third kappa shape index (κ3) is 6.53. The second-order valence-corrected chi connectivity index (χ2v) is 9.13. The van der Waals surface area contributed by atoms with Gasteiger partial charge in [-0.2, -0.15) is 11.8 Å². The molecule has 10 heteroatoms. The van der Waals surface area contributed by atoms with Crippen LogP contribution in [-0.4, -0.2) is 37.9 Å². The van der Waals surface area contributed by atoms with E-state index in [0.717, 1.165) is 6.07 Å². The maximum Gasteiger partial charge on any atom is 0.244 e. The molecule has 0 saturated carbocycles. The highest BCUT2D eigenvalue weighted by Crippen LogP contribution is 2.24. The van der Waals surface area contributed by atoms with Crippen molar-refractivity contribution in [1.29, 1.82) is 0 Å². The normalized spacial score (nSPS) is 13.6. The molecular formula is C15H23F2N3O3S2. The Morgan fingerprint density at radius 2 is 1.88 bits per heavy atom. The molecular weight excluding hydrogens is 372 g/mol. The van der Waals surface area contributed by atoms with Crippen LogP contribution >= 0.6 is 11.8 Å². The highest BCUT2D eigenvalue weighted by Gasteiger charge is 2.27. The smallest absolute Gasteiger partial charge is 0.244 e. The summed E-state index contributed by atoms with van der Waals surface area (Å²) in [6.45, 7) is 4.75. The van der Waals surface area contributed by atoms with Crippen LogP contribution in [-0.2, 0) is 14.8 Å². The summed E-state index contributed by atoms with van der Waals surface area (Å²) >= 11 is 1.50. The molecule has 1 rings (SSSR count). The monoisotopic (exact) mass is 395 g/mol. The number of halogens is 2. The highest BCUT2D eigenvalue weighted by atomic mass is 32.2. The Balaban J connectivity index is 3.14. The number of sulfonamides is 1. The van der Waals surface area contributed by atoms with Gasteiger partial charge < -0.3 is 11.1 Å². The number of nitrogens with one attached hydrogen (secondary N) is 2. The van der Waals surface area contributed by atoms with Crippen molar-refractivity contribution in [3.8, 4) is 0 Å². The molecule has 0 fully saturated rings.